The van der Waals surface area contributed by atoms with Crippen molar-refractivity contribution >= 4 is 27.9 Å². The fourth-order valence-electron chi connectivity index (χ4n) is 7.08. The highest BCUT2D eigenvalue weighted by Gasteiger charge is 2.34. The summed E-state index contributed by atoms with van der Waals surface area (Å²) >= 11 is 0. The number of ether oxygens (including phenoxy) is 2. The van der Waals surface area contributed by atoms with Gasteiger partial charge in [-0.15, -0.1) is 0 Å². The van der Waals surface area contributed by atoms with Gasteiger partial charge in [-0.05, 0) is 151 Å². The number of amides is 1. The molecule has 0 fully saturated rings. The fourth-order valence-corrected chi connectivity index (χ4v) is 8.60. The Kier molecular flexibility index (Phi) is 12.8. The van der Waals surface area contributed by atoms with E-state index in [2.05, 4.69) is 15.0 Å². The van der Waals surface area contributed by atoms with Crippen LogP contribution in [0.3, 0.4) is 0 Å². The zero-order valence-electron chi connectivity index (χ0n) is 34.0. The van der Waals surface area contributed by atoms with E-state index >= 15 is 0 Å². The van der Waals surface area contributed by atoms with Gasteiger partial charge >= 0.3 is 5.97 Å². The summed E-state index contributed by atoms with van der Waals surface area (Å²) < 4.78 is 71.5. The number of hydrogen-bond acceptors (Lipinski definition) is 8. The lowest BCUT2D eigenvalue weighted by Crippen LogP contribution is -2.46. The molecule has 1 atom stereocenters. The van der Waals surface area contributed by atoms with Crippen molar-refractivity contribution in [1.29, 1.82) is 0 Å². The van der Waals surface area contributed by atoms with E-state index in [0.29, 0.717) is 34.4 Å². The Labute approximate surface area is 337 Å². The third-order valence-electron chi connectivity index (χ3n) is 9.93. The van der Waals surface area contributed by atoms with Gasteiger partial charge in [-0.1, -0.05) is 24.3 Å². The maximum Gasteiger partial charge on any atom is 0.329 e. The molecule has 0 radical (unpaired) electrons. The van der Waals surface area contributed by atoms with Crippen LogP contribution in [0.2, 0.25) is 0 Å². The monoisotopic (exact) mass is 819 g/mol. The van der Waals surface area contributed by atoms with Crippen molar-refractivity contribution in [2.75, 3.05) is 6.54 Å². The number of hydrogen-bond donors (Lipinski definition) is 3. The van der Waals surface area contributed by atoms with Crippen LogP contribution in [0.1, 0.15) is 104 Å². The largest absolute Gasteiger partial charge is 0.487 e. The SMILES string of the molecule is Cc1c(C)c(S(=O)(=O)NC(N)=NCCC[C@H](NC(=O)c2cccn(C(c3cccc(F)c3)c3cccc(F)c3)c2=O)C(=O)OC(C)(C)C)c(C)c2c1OC(C)(C)CC2. The molecule has 15 heteroatoms. The predicted octanol–water partition coefficient (Wildman–Crippen LogP) is 6.31. The third-order valence-corrected chi connectivity index (χ3v) is 11.6. The second-order valence-electron chi connectivity index (χ2n) is 16.1. The minimum Gasteiger partial charge on any atom is -0.487 e. The van der Waals surface area contributed by atoms with Crippen molar-refractivity contribution in [3.05, 3.63) is 128 Å². The maximum atomic E-state index is 14.4. The van der Waals surface area contributed by atoms with Gasteiger partial charge in [0, 0.05) is 12.7 Å². The zero-order valence-corrected chi connectivity index (χ0v) is 34.9. The maximum absolute atomic E-state index is 14.4. The van der Waals surface area contributed by atoms with Crippen LogP contribution in [0.4, 0.5) is 8.78 Å². The van der Waals surface area contributed by atoms with Gasteiger partial charge in [-0.25, -0.2) is 26.7 Å². The van der Waals surface area contributed by atoms with Crippen LogP contribution >= 0.6 is 0 Å². The molecule has 1 aliphatic heterocycles. The smallest absolute Gasteiger partial charge is 0.329 e. The first kappa shape index (κ1) is 43.6. The molecule has 1 aromatic heterocycles. The van der Waals surface area contributed by atoms with Crippen molar-refractivity contribution in [2.45, 2.75) is 109 Å². The van der Waals surface area contributed by atoms with Crippen molar-refractivity contribution in [2.24, 2.45) is 10.7 Å². The number of fused-ring (bicyclic) bond motifs is 1. The number of nitrogens with zero attached hydrogens (tertiary/aromatic N) is 2. The molecule has 0 aliphatic carbocycles. The lowest BCUT2D eigenvalue weighted by molar-refractivity contribution is -0.157. The van der Waals surface area contributed by atoms with Crippen LogP contribution in [0, 0.1) is 32.4 Å². The van der Waals surface area contributed by atoms with Crippen molar-refractivity contribution < 1.29 is 36.3 Å². The van der Waals surface area contributed by atoms with Crippen LogP contribution < -0.4 is 26.1 Å². The molecular formula is C43H51F2N5O7S. The van der Waals surface area contributed by atoms with E-state index in [4.69, 9.17) is 15.2 Å². The Balaban J connectivity index is 1.34. The van der Waals surface area contributed by atoms with Crippen molar-refractivity contribution in [3.8, 4) is 5.75 Å². The van der Waals surface area contributed by atoms with Gasteiger partial charge in [0.05, 0.1) is 10.9 Å². The van der Waals surface area contributed by atoms with Crippen LogP contribution in [0.15, 0.2) is 81.5 Å². The van der Waals surface area contributed by atoms with E-state index in [1.54, 1.807) is 46.8 Å². The lowest BCUT2D eigenvalue weighted by Gasteiger charge is -2.35. The molecule has 5 rings (SSSR count). The average molecular weight is 820 g/mol. The summed E-state index contributed by atoms with van der Waals surface area (Å²) in [6.45, 7) is 14.3. The molecule has 58 heavy (non-hydrogen) atoms. The van der Waals surface area contributed by atoms with E-state index < -0.39 is 56.8 Å². The van der Waals surface area contributed by atoms with Gasteiger partial charge in [-0.2, -0.15) is 0 Å². The van der Waals surface area contributed by atoms with E-state index in [1.807, 2.05) is 20.8 Å². The number of sulfonamides is 1. The van der Waals surface area contributed by atoms with E-state index in [-0.39, 0.29) is 41.4 Å². The molecule has 1 aliphatic rings. The summed E-state index contributed by atoms with van der Waals surface area (Å²) in [5.41, 5.74) is 7.02. The molecule has 4 N–H and O–H groups in total. The van der Waals surface area contributed by atoms with Crippen LogP contribution in [-0.2, 0) is 26.0 Å². The Hall–Kier alpha value is -5.57. The highest BCUT2D eigenvalue weighted by Crippen LogP contribution is 2.42. The number of guanidine groups is 1. The molecule has 4 aromatic rings. The number of carbonyl (C=O) groups excluding carboxylic acids is 2. The Morgan fingerprint density at radius 3 is 2.19 bits per heavy atom. The van der Waals surface area contributed by atoms with Gasteiger partial charge < -0.3 is 25.1 Å². The molecule has 0 unspecified atom stereocenters. The molecule has 0 bridgehead atoms. The van der Waals surface area contributed by atoms with Gasteiger partial charge in [-0.3, -0.25) is 14.6 Å². The molecule has 3 aromatic carbocycles. The third kappa shape index (κ3) is 10.1. The van der Waals surface area contributed by atoms with Crippen molar-refractivity contribution in [1.82, 2.24) is 14.6 Å². The molecule has 0 saturated carbocycles. The zero-order chi connectivity index (χ0) is 42.7. The standard InChI is InChI=1S/C43H51F2N5O7S/c1-25-26(2)37(27(3)32-19-20-43(7,8)56-36(25)32)58(54,55)49-41(46)47-21-11-18-34(40(53)57-42(4,5)6)48-38(51)33-17-12-22-50(39(33)52)35(28-13-9-15-30(44)23-28)29-14-10-16-31(45)24-29/h9-10,12-17,22-24,34-35H,11,18-21H2,1-8H3,(H,48,51)(H3,46,47,49)/t34-/m0/s1. The molecule has 310 valence electrons. The number of halogens is 2. The number of esters is 1. The van der Waals surface area contributed by atoms with Crippen LogP contribution in [0.25, 0.3) is 0 Å². The summed E-state index contributed by atoms with van der Waals surface area (Å²) in [5, 5.41) is 2.61. The number of rotatable bonds is 12. The number of pyridine rings is 1. The number of nitrogens with two attached hydrogens (primary N) is 1. The Morgan fingerprint density at radius 2 is 1.60 bits per heavy atom. The number of aliphatic imine (C=N–C) groups is 1. The average Bonchev–Trinajstić information content (AvgIpc) is 3.11. The molecule has 2 heterocycles. The molecule has 1 amide bonds. The number of aromatic nitrogens is 1. The van der Waals surface area contributed by atoms with E-state index in [0.717, 1.165) is 17.5 Å². The van der Waals surface area contributed by atoms with Gasteiger partial charge in [0.2, 0.25) is 5.96 Å². The first-order valence-electron chi connectivity index (χ1n) is 19.0. The van der Waals surface area contributed by atoms with Crippen LogP contribution in [-0.4, -0.2) is 54.6 Å². The molecule has 0 spiro atoms. The van der Waals surface area contributed by atoms with Crippen LogP contribution in [0.5, 0.6) is 5.75 Å². The van der Waals surface area contributed by atoms with Gasteiger partial charge in [0.25, 0.3) is 21.5 Å². The summed E-state index contributed by atoms with van der Waals surface area (Å²) in [7, 11) is -4.15. The van der Waals surface area contributed by atoms with Gasteiger partial charge in [0.15, 0.2) is 0 Å². The Bertz CT molecular complexity index is 2380. The minimum absolute atomic E-state index is 0.0149. The van der Waals surface area contributed by atoms with E-state index in [9.17, 15) is 31.6 Å². The van der Waals surface area contributed by atoms with Crippen molar-refractivity contribution in [3.63, 3.8) is 0 Å². The predicted molar refractivity (Wildman–Crippen MR) is 218 cm³/mol. The quantitative estimate of drug-likeness (QED) is 0.0647. The summed E-state index contributed by atoms with van der Waals surface area (Å²) in [6, 6.07) is 11.5. The first-order valence-corrected chi connectivity index (χ1v) is 20.5. The second kappa shape index (κ2) is 17.1. The molecule has 0 saturated heterocycles. The minimum atomic E-state index is -4.15. The van der Waals surface area contributed by atoms with E-state index in [1.165, 1.54) is 59.3 Å². The van der Waals surface area contributed by atoms with Gasteiger partial charge in [0.1, 0.15) is 40.2 Å². The first-order chi connectivity index (χ1) is 27.1. The summed E-state index contributed by atoms with van der Waals surface area (Å²) in [4.78, 5) is 45.4. The summed E-state index contributed by atoms with van der Waals surface area (Å²) in [6.07, 6.45) is 2.92. The number of nitrogens with one attached hydrogen (secondary N) is 2. The number of carbonyl (C=O) groups is 2. The highest BCUT2D eigenvalue weighted by atomic mass is 32.2. The highest BCUT2D eigenvalue weighted by molar-refractivity contribution is 7.90. The Morgan fingerprint density at radius 1 is 0.983 bits per heavy atom. The normalized spacial score (nSPS) is 14.6. The topological polar surface area (TPSA) is 171 Å². The second-order valence-corrected chi connectivity index (χ2v) is 17.7. The summed E-state index contributed by atoms with van der Waals surface area (Å²) in [5.74, 6) is -2.46. The number of benzene rings is 3. The fraction of sp³-hybridized carbons (Fsp3) is 0.395. The molecular weight excluding hydrogens is 769 g/mol. The lowest BCUT2D eigenvalue weighted by atomic mass is 9.88. The molecule has 12 nitrogen and oxygen atoms in total.